The minimum Gasteiger partial charge on any atom is -0.467 e. The van der Waals surface area contributed by atoms with Gasteiger partial charge in [-0.2, -0.15) is 0 Å². The Hall–Kier alpha value is -3.09. The summed E-state index contributed by atoms with van der Waals surface area (Å²) in [6, 6.07) is 3.89. The van der Waals surface area contributed by atoms with E-state index in [-0.39, 0.29) is 0 Å². The van der Waals surface area contributed by atoms with Crippen molar-refractivity contribution in [3.8, 4) is 0 Å². The second-order valence-electron chi connectivity index (χ2n) is 6.38. The van der Waals surface area contributed by atoms with Crippen molar-refractivity contribution >= 4 is 16.9 Å². The average molecular weight is 350 g/mol. The molecular weight excluding hydrogens is 328 g/mol. The molecule has 4 aromatic heterocycles. The van der Waals surface area contributed by atoms with Crippen molar-refractivity contribution in [3.63, 3.8) is 0 Å². The summed E-state index contributed by atoms with van der Waals surface area (Å²) in [7, 11) is 0. The van der Waals surface area contributed by atoms with Crippen LogP contribution in [0.2, 0.25) is 0 Å². The number of imidazole rings is 1. The van der Waals surface area contributed by atoms with Crippen LogP contribution in [0, 0.1) is 13.8 Å². The molecule has 1 N–H and O–H groups in total. The van der Waals surface area contributed by atoms with Crippen molar-refractivity contribution in [2.24, 2.45) is 0 Å². The molecular formula is C19H22N6O. The molecule has 0 aromatic carbocycles. The highest BCUT2D eigenvalue weighted by Crippen LogP contribution is 2.29. The molecule has 0 bridgehead atoms. The minimum atomic E-state index is 0.667. The molecule has 0 unspecified atom stereocenters. The summed E-state index contributed by atoms with van der Waals surface area (Å²) in [6.45, 7) is 6.67. The molecule has 0 amide bonds. The summed E-state index contributed by atoms with van der Waals surface area (Å²) in [5.41, 5.74) is 3.31. The molecule has 0 fully saturated rings. The number of hydrogen-bond donors (Lipinski definition) is 1. The van der Waals surface area contributed by atoms with E-state index in [1.54, 1.807) is 18.8 Å². The van der Waals surface area contributed by atoms with Gasteiger partial charge in [-0.25, -0.2) is 15.0 Å². The number of aryl methyl sites for hydroxylation is 2. The Bertz CT molecular complexity index is 985. The van der Waals surface area contributed by atoms with E-state index in [0.29, 0.717) is 6.54 Å². The zero-order valence-corrected chi connectivity index (χ0v) is 15.0. The van der Waals surface area contributed by atoms with Crippen LogP contribution in [-0.4, -0.2) is 30.6 Å². The third-order valence-corrected chi connectivity index (χ3v) is 4.74. The molecule has 0 radical (unpaired) electrons. The quantitative estimate of drug-likeness (QED) is 0.517. The maximum atomic E-state index is 5.51. The number of rotatable bonds is 7. The summed E-state index contributed by atoms with van der Waals surface area (Å²) < 4.78 is 9.77. The maximum absolute atomic E-state index is 5.51. The van der Waals surface area contributed by atoms with Crippen molar-refractivity contribution in [2.45, 2.75) is 33.4 Å². The van der Waals surface area contributed by atoms with Crippen molar-refractivity contribution in [1.29, 1.82) is 0 Å². The summed E-state index contributed by atoms with van der Waals surface area (Å²) in [4.78, 5) is 13.1. The monoisotopic (exact) mass is 350 g/mol. The molecule has 0 saturated carbocycles. The van der Waals surface area contributed by atoms with Gasteiger partial charge in [0.2, 0.25) is 0 Å². The predicted octanol–water partition coefficient (Wildman–Crippen LogP) is 3.39. The molecule has 134 valence electrons. The van der Waals surface area contributed by atoms with E-state index in [2.05, 4.69) is 43.3 Å². The van der Waals surface area contributed by atoms with Gasteiger partial charge in [-0.15, -0.1) is 0 Å². The SMILES string of the molecule is Cc1c(C)n(Cc2ccco2)c2ncnc(NCCCn3ccnc3)c12. The first-order chi connectivity index (χ1) is 12.7. The van der Waals surface area contributed by atoms with Crippen LogP contribution in [0.15, 0.2) is 47.9 Å². The topological polar surface area (TPSA) is 73.7 Å². The van der Waals surface area contributed by atoms with Crippen LogP contribution in [0.25, 0.3) is 11.0 Å². The normalized spacial score (nSPS) is 11.3. The lowest BCUT2D eigenvalue weighted by Gasteiger charge is -2.08. The Balaban J connectivity index is 1.55. The fourth-order valence-corrected chi connectivity index (χ4v) is 3.24. The van der Waals surface area contributed by atoms with Gasteiger partial charge in [-0.3, -0.25) is 0 Å². The number of anilines is 1. The van der Waals surface area contributed by atoms with Crippen LogP contribution in [0.1, 0.15) is 23.4 Å². The lowest BCUT2D eigenvalue weighted by atomic mass is 10.2. The Labute approximate surface area is 151 Å². The number of nitrogens with zero attached hydrogens (tertiary/aromatic N) is 5. The van der Waals surface area contributed by atoms with Crippen LogP contribution in [0.3, 0.4) is 0 Å². The lowest BCUT2D eigenvalue weighted by Crippen LogP contribution is -2.08. The average Bonchev–Trinajstić information content (AvgIpc) is 3.39. The third kappa shape index (κ3) is 3.08. The molecule has 4 aromatic rings. The Morgan fingerprint density at radius 3 is 2.92 bits per heavy atom. The first-order valence-electron chi connectivity index (χ1n) is 8.76. The largest absolute Gasteiger partial charge is 0.467 e. The molecule has 0 aliphatic rings. The highest BCUT2D eigenvalue weighted by molar-refractivity contribution is 5.91. The van der Waals surface area contributed by atoms with Gasteiger partial charge in [-0.1, -0.05) is 0 Å². The van der Waals surface area contributed by atoms with Gasteiger partial charge in [0, 0.05) is 31.2 Å². The Kier molecular flexibility index (Phi) is 4.43. The zero-order chi connectivity index (χ0) is 17.9. The molecule has 7 nitrogen and oxygen atoms in total. The standard InChI is InChI=1S/C19H22N6O/c1-14-15(2)25(11-16-5-3-10-26-16)19-17(14)18(22-12-23-19)21-6-4-8-24-9-7-20-13-24/h3,5,7,9-10,12-13H,4,6,8,11H2,1-2H3,(H,21,22,23). The molecule has 4 heterocycles. The summed E-state index contributed by atoms with van der Waals surface area (Å²) >= 11 is 0. The summed E-state index contributed by atoms with van der Waals surface area (Å²) in [6.07, 6.45) is 9.93. The van der Waals surface area contributed by atoms with Crippen LogP contribution in [-0.2, 0) is 13.1 Å². The number of hydrogen-bond acceptors (Lipinski definition) is 5. The predicted molar refractivity (Wildman–Crippen MR) is 100 cm³/mol. The van der Waals surface area contributed by atoms with E-state index >= 15 is 0 Å². The van der Waals surface area contributed by atoms with Crippen molar-refractivity contribution < 1.29 is 4.42 Å². The van der Waals surface area contributed by atoms with Crippen LogP contribution >= 0.6 is 0 Å². The maximum Gasteiger partial charge on any atom is 0.146 e. The van der Waals surface area contributed by atoms with Gasteiger partial charge in [0.1, 0.15) is 23.6 Å². The van der Waals surface area contributed by atoms with Gasteiger partial charge in [0.25, 0.3) is 0 Å². The molecule has 0 atom stereocenters. The van der Waals surface area contributed by atoms with Gasteiger partial charge in [0.05, 0.1) is 24.5 Å². The van der Waals surface area contributed by atoms with E-state index in [1.807, 2.05) is 24.7 Å². The van der Waals surface area contributed by atoms with Crippen molar-refractivity contribution in [2.75, 3.05) is 11.9 Å². The van der Waals surface area contributed by atoms with Crippen molar-refractivity contribution in [1.82, 2.24) is 24.1 Å². The second-order valence-corrected chi connectivity index (χ2v) is 6.38. The molecule has 7 heteroatoms. The molecule has 0 aliphatic heterocycles. The van der Waals surface area contributed by atoms with E-state index in [9.17, 15) is 0 Å². The van der Waals surface area contributed by atoms with Crippen molar-refractivity contribution in [3.05, 3.63) is 60.5 Å². The fraction of sp³-hybridized carbons (Fsp3) is 0.316. The number of aromatic nitrogens is 5. The second kappa shape index (κ2) is 7.03. The molecule has 0 saturated heterocycles. The van der Waals surface area contributed by atoms with E-state index < -0.39 is 0 Å². The summed E-state index contributed by atoms with van der Waals surface area (Å²) in [5.74, 6) is 1.80. The summed E-state index contributed by atoms with van der Waals surface area (Å²) in [5, 5.41) is 4.55. The number of furan rings is 1. The third-order valence-electron chi connectivity index (χ3n) is 4.74. The fourth-order valence-electron chi connectivity index (χ4n) is 3.24. The molecule has 0 spiro atoms. The number of fused-ring (bicyclic) bond motifs is 1. The minimum absolute atomic E-state index is 0.667. The smallest absolute Gasteiger partial charge is 0.146 e. The van der Waals surface area contributed by atoms with Gasteiger partial charge < -0.3 is 18.9 Å². The zero-order valence-electron chi connectivity index (χ0n) is 15.0. The highest BCUT2D eigenvalue weighted by atomic mass is 16.3. The lowest BCUT2D eigenvalue weighted by molar-refractivity contribution is 0.494. The first kappa shape index (κ1) is 16.4. The molecule has 26 heavy (non-hydrogen) atoms. The van der Waals surface area contributed by atoms with Gasteiger partial charge in [0.15, 0.2) is 0 Å². The van der Waals surface area contributed by atoms with Crippen LogP contribution < -0.4 is 5.32 Å². The Morgan fingerprint density at radius 1 is 1.23 bits per heavy atom. The highest BCUT2D eigenvalue weighted by Gasteiger charge is 2.17. The van der Waals surface area contributed by atoms with Gasteiger partial charge in [-0.05, 0) is 38.0 Å². The van der Waals surface area contributed by atoms with E-state index in [4.69, 9.17) is 4.42 Å². The molecule has 4 rings (SSSR count). The van der Waals surface area contributed by atoms with E-state index in [1.165, 1.54) is 11.3 Å². The number of nitrogens with one attached hydrogen (secondary N) is 1. The van der Waals surface area contributed by atoms with Crippen LogP contribution in [0.4, 0.5) is 5.82 Å². The Morgan fingerprint density at radius 2 is 2.15 bits per heavy atom. The van der Waals surface area contributed by atoms with Gasteiger partial charge >= 0.3 is 0 Å². The first-order valence-corrected chi connectivity index (χ1v) is 8.76. The molecule has 0 aliphatic carbocycles. The van der Waals surface area contributed by atoms with Crippen LogP contribution in [0.5, 0.6) is 0 Å². The van der Waals surface area contributed by atoms with E-state index in [0.717, 1.165) is 42.1 Å².